The molecule has 0 bridgehead atoms. The zero-order valence-electron chi connectivity index (χ0n) is 9.58. The second-order valence-electron chi connectivity index (χ2n) is 4.29. The Labute approximate surface area is 95.4 Å². The molecule has 2 heterocycles. The summed E-state index contributed by atoms with van der Waals surface area (Å²) in [6.07, 6.45) is 2.85. The van der Waals surface area contributed by atoms with Crippen LogP contribution in [-0.4, -0.2) is 18.5 Å². The minimum atomic E-state index is 0.0912. The van der Waals surface area contributed by atoms with E-state index in [1.165, 1.54) is 6.42 Å². The van der Waals surface area contributed by atoms with Gasteiger partial charge in [-0.05, 0) is 38.4 Å². The van der Waals surface area contributed by atoms with Gasteiger partial charge in [-0.2, -0.15) is 0 Å². The lowest BCUT2D eigenvalue weighted by atomic mass is 10.1. The fourth-order valence-corrected chi connectivity index (χ4v) is 1.99. The molecule has 1 saturated heterocycles. The maximum atomic E-state index is 11.6. The summed E-state index contributed by atoms with van der Waals surface area (Å²) in [4.78, 5) is 11.6. The van der Waals surface area contributed by atoms with Gasteiger partial charge in [0.05, 0.1) is 6.54 Å². The first kappa shape index (κ1) is 11.2. The van der Waals surface area contributed by atoms with Crippen molar-refractivity contribution in [1.29, 1.82) is 0 Å². The first-order valence-corrected chi connectivity index (χ1v) is 5.79. The van der Waals surface area contributed by atoms with Crippen LogP contribution in [0.1, 0.15) is 30.8 Å². The van der Waals surface area contributed by atoms with Gasteiger partial charge in [0, 0.05) is 12.5 Å². The second kappa shape index (κ2) is 5.16. The summed E-state index contributed by atoms with van der Waals surface area (Å²) in [6.45, 7) is 3.42. The molecular formula is C12H18N2O2. The van der Waals surface area contributed by atoms with Gasteiger partial charge >= 0.3 is 0 Å². The minimum Gasteiger partial charge on any atom is -0.465 e. The predicted octanol–water partition coefficient (Wildman–Crippen LogP) is 1.35. The molecule has 4 heteroatoms. The molecular weight excluding hydrogens is 204 g/mol. The van der Waals surface area contributed by atoms with Crippen LogP contribution in [0.2, 0.25) is 0 Å². The number of carbonyl (C=O) groups excluding carboxylic acids is 1. The summed E-state index contributed by atoms with van der Waals surface area (Å²) in [7, 11) is 0. The molecule has 0 saturated carbocycles. The van der Waals surface area contributed by atoms with Crippen molar-refractivity contribution < 1.29 is 9.21 Å². The van der Waals surface area contributed by atoms with E-state index in [9.17, 15) is 4.79 Å². The first-order chi connectivity index (χ1) is 7.74. The van der Waals surface area contributed by atoms with Crippen molar-refractivity contribution in [2.75, 3.05) is 6.54 Å². The molecule has 0 aliphatic carbocycles. The van der Waals surface area contributed by atoms with Gasteiger partial charge in [0.2, 0.25) is 5.91 Å². The van der Waals surface area contributed by atoms with Gasteiger partial charge < -0.3 is 15.1 Å². The molecule has 1 amide bonds. The van der Waals surface area contributed by atoms with Gasteiger partial charge in [0.1, 0.15) is 11.5 Å². The maximum Gasteiger partial charge on any atom is 0.221 e. The second-order valence-corrected chi connectivity index (χ2v) is 4.29. The minimum absolute atomic E-state index is 0.0912. The average molecular weight is 222 g/mol. The van der Waals surface area contributed by atoms with Crippen molar-refractivity contribution in [2.45, 2.75) is 38.8 Å². The van der Waals surface area contributed by atoms with Crippen LogP contribution < -0.4 is 10.6 Å². The molecule has 0 radical (unpaired) electrons. The number of rotatable bonds is 4. The third-order valence-electron chi connectivity index (χ3n) is 2.85. The summed E-state index contributed by atoms with van der Waals surface area (Å²) in [5.74, 6) is 1.78. The molecule has 1 aromatic rings. The van der Waals surface area contributed by atoms with Crippen molar-refractivity contribution in [2.24, 2.45) is 0 Å². The highest BCUT2D eigenvalue weighted by Crippen LogP contribution is 2.09. The van der Waals surface area contributed by atoms with Crippen LogP contribution in [0.5, 0.6) is 0 Å². The van der Waals surface area contributed by atoms with E-state index in [-0.39, 0.29) is 5.91 Å². The number of nitrogens with one attached hydrogen (secondary N) is 2. The SMILES string of the molecule is Cc1ccc(CNC(=O)CC2CCCN2)o1. The van der Waals surface area contributed by atoms with Gasteiger partial charge in [0.15, 0.2) is 0 Å². The topological polar surface area (TPSA) is 54.3 Å². The Morgan fingerprint density at radius 2 is 2.50 bits per heavy atom. The highest BCUT2D eigenvalue weighted by atomic mass is 16.3. The lowest BCUT2D eigenvalue weighted by Crippen LogP contribution is -2.31. The van der Waals surface area contributed by atoms with Crippen LogP contribution in [0.4, 0.5) is 0 Å². The predicted molar refractivity (Wildman–Crippen MR) is 60.9 cm³/mol. The summed E-state index contributed by atoms with van der Waals surface area (Å²) < 4.78 is 5.37. The number of hydrogen-bond donors (Lipinski definition) is 2. The quantitative estimate of drug-likeness (QED) is 0.808. The highest BCUT2D eigenvalue weighted by Gasteiger charge is 2.17. The lowest BCUT2D eigenvalue weighted by molar-refractivity contribution is -0.121. The summed E-state index contributed by atoms with van der Waals surface area (Å²) in [5.41, 5.74) is 0. The molecule has 1 fully saturated rings. The van der Waals surface area contributed by atoms with Crippen molar-refractivity contribution in [3.05, 3.63) is 23.7 Å². The van der Waals surface area contributed by atoms with Crippen molar-refractivity contribution in [3.8, 4) is 0 Å². The smallest absolute Gasteiger partial charge is 0.221 e. The molecule has 1 aromatic heterocycles. The van der Waals surface area contributed by atoms with Crippen LogP contribution in [0.3, 0.4) is 0 Å². The van der Waals surface area contributed by atoms with Crippen LogP contribution in [0.25, 0.3) is 0 Å². The number of hydrogen-bond acceptors (Lipinski definition) is 3. The summed E-state index contributed by atoms with van der Waals surface area (Å²) in [5, 5.41) is 6.17. The molecule has 0 spiro atoms. The molecule has 4 nitrogen and oxygen atoms in total. The Balaban J connectivity index is 1.71. The third kappa shape index (κ3) is 3.10. The van der Waals surface area contributed by atoms with E-state index in [2.05, 4.69) is 10.6 Å². The highest BCUT2D eigenvalue weighted by molar-refractivity contribution is 5.76. The normalized spacial score (nSPS) is 19.9. The molecule has 1 aliphatic rings. The zero-order chi connectivity index (χ0) is 11.4. The molecule has 2 N–H and O–H groups in total. The molecule has 1 unspecified atom stereocenters. The van der Waals surface area contributed by atoms with E-state index in [0.717, 1.165) is 24.5 Å². The van der Waals surface area contributed by atoms with Gasteiger partial charge in [-0.3, -0.25) is 4.79 Å². The molecule has 88 valence electrons. The Morgan fingerprint density at radius 1 is 1.62 bits per heavy atom. The van der Waals surface area contributed by atoms with Gasteiger partial charge in [-0.1, -0.05) is 0 Å². The summed E-state index contributed by atoms with van der Waals surface area (Å²) >= 11 is 0. The number of furan rings is 1. The van der Waals surface area contributed by atoms with Gasteiger partial charge in [-0.15, -0.1) is 0 Å². The number of carbonyl (C=O) groups is 1. The molecule has 16 heavy (non-hydrogen) atoms. The van der Waals surface area contributed by atoms with Crippen molar-refractivity contribution in [1.82, 2.24) is 10.6 Å². The summed E-state index contributed by atoms with van der Waals surface area (Å²) in [6, 6.07) is 4.15. The van der Waals surface area contributed by atoms with E-state index < -0.39 is 0 Å². The number of aryl methyl sites for hydroxylation is 1. The molecule has 1 atom stereocenters. The number of amides is 1. The Bertz CT molecular complexity index is 354. The first-order valence-electron chi connectivity index (χ1n) is 5.79. The van der Waals surface area contributed by atoms with E-state index in [1.54, 1.807) is 0 Å². The largest absolute Gasteiger partial charge is 0.465 e. The van der Waals surface area contributed by atoms with Gasteiger partial charge in [0.25, 0.3) is 0 Å². The Hall–Kier alpha value is -1.29. The Kier molecular flexibility index (Phi) is 3.62. The molecule has 2 rings (SSSR count). The standard InChI is InChI=1S/C12H18N2O2/c1-9-4-5-11(16-9)8-14-12(15)7-10-3-2-6-13-10/h4-5,10,13H,2-3,6-8H2,1H3,(H,14,15). The van der Waals surface area contributed by atoms with E-state index in [1.807, 2.05) is 19.1 Å². The fourth-order valence-electron chi connectivity index (χ4n) is 1.99. The monoisotopic (exact) mass is 222 g/mol. The van der Waals surface area contributed by atoms with Crippen molar-refractivity contribution in [3.63, 3.8) is 0 Å². The van der Waals surface area contributed by atoms with E-state index >= 15 is 0 Å². The molecule has 1 aliphatic heterocycles. The lowest BCUT2D eigenvalue weighted by Gasteiger charge is -2.09. The van der Waals surface area contributed by atoms with Crippen LogP contribution >= 0.6 is 0 Å². The maximum absolute atomic E-state index is 11.6. The van der Waals surface area contributed by atoms with E-state index in [0.29, 0.717) is 19.0 Å². The third-order valence-corrected chi connectivity index (χ3v) is 2.85. The van der Waals surface area contributed by atoms with Gasteiger partial charge in [-0.25, -0.2) is 0 Å². The van der Waals surface area contributed by atoms with Crippen LogP contribution in [0.15, 0.2) is 16.5 Å². The van der Waals surface area contributed by atoms with Crippen molar-refractivity contribution >= 4 is 5.91 Å². The fraction of sp³-hybridized carbons (Fsp3) is 0.583. The van der Waals surface area contributed by atoms with E-state index in [4.69, 9.17) is 4.42 Å². The average Bonchev–Trinajstić information content (AvgIpc) is 2.87. The van der Waals surface area contributed by atoms with Crippen LogP contribution in [0, 0.1) is 6.92 Å². The Morgan fingerprint density at radius 3 is 3.12 bits per heavy atom. The molecule has 0 aromatic carbocycles. The van der Waals surface area contributed by atoms with Crippen LogP contribution in [-0.2, 0) is 11.3 Å². The zero-order valence-corrected chi connectivity index (χ0v) is 9.58.